The van der Waals surface area contributed by atoms with Gasteiger partial charge in [0.2, 0.25) is 0 Å². The molecule has 20 heteroatoms. The summed E-state index contributed by atoms with van der Waals surface area (Å²) in [5.74, 6) is -6.64. The number of aryl methyl sites for hydroxylation is 1. The number of carboxylic acids is 1. The molecule has 0 aliphatic heterocycles. The topological polar surface area (TPSA) is 163 Å². The number of carbonyl (C=O) groups is 3. The molecule has 0 saturated heterocycles. The standard InChI is InChI=1S/C22H16F6N4O5.C2HF3O2/c1-10-5-11(6-14(31-10)19(29)33)32-20(34)13-9-30-18(21(23,24)25)8-16(13)36-15-4-3-12(7-17(15)35-2)37-22(26,27)28;3-2(4,5)1(6)7/h3-9H,1-2H3,(H2,29,33)(H,31,32,34);(H,6,7). The smallest absolute Gasteiger partial charge is 0.493 e. The number of hydrogen-bond acceptors (Lipinski definition) is 8. The number of alkyl halides is 9. The first-order valence-electron chi connectivity index (χ1n) is 11.2. The van der Waals surface area contributed by atoms with E-state index in [1.165, 1.54) is 13.0 Å². The van der Waals surface area contributed by atoms with Crippen molar-refractivity contribution >= 4 is 23.5 Å². The van der Waals surface area contributed by atoms with Gasteiger partial charge in [-0.2, -0.15) is 26.3 Å². The number of rotatable bonds is 7. The second kappa shape index (κ2) is 13.3. The van der Waals surface area contributed by atoms with Crippen molar-refractivity contribution in [3.05, 3.63) is 65.2 Å². The Labute approximate surface area is 239 Å². The van der Waals surface area contributed by atoms with E-state index in [2.05, 4.69) is 20.0 Å². The molecule has 0 aliphatic carbocycles. The van der Waals surface area contributed by atoms with Crippen LogP contribution in [0.3, 0.4) is 0 Å². The molecular weight excluding hydrogens is 627 g/mol. The molecule has 0 aliphatic rings. The van der Waals surface area contributed by atoms with E-state index in [0.717, 1.165) is 31.4 Å². The first kappa shape index (κ1) is 34.9. The summed E-state index contributed by atoms with van der Waals surface area (Å²) in [6, 6.07) is 5.52. The number of ether oxygens (including phenoxy) is 3. The van der Waals surface area contributed by atoms with Crippen molar-refractivity contribution < 1.29 is 73.2 Å². The zero-order valence-corrected chi connectivity index (χ0v) is 21.8. The van der Waals surface area contributed by atoms with Gasteiger partial charge in [-0.05, 0) is 31.2 Å². The number of benzene rings is 1. The summed E-state index contributed by atoms with van der Waals surface area (Å²) < 4.78 is 123. The lowest BCUT2D eigenvalue weighted by Gasteiger charge is -2.16. The second-order valence-corrected chi connectivity index (χ2v) is 8.03. The van der Waals surface area contributed by atoms with Crippen LogP contribution in [0.25, 0.3) is 0 Å². The highest BCUT2D eigenvalue weighted by molar-refractivity contribution is 6.06. The fourth-order valence-electron chi connectivity index (χ4n) is 2.96. The molecular formula is C24H17F9N4O7. The number of carbonyl (C=O) groups excluding carboxylic acids is 2. The van der Waals surface area contributed by atoms with Gasteiger partial charge in [0, 0.05) is 29.7 Å². The summed E-state index contributed by atoms with van der Waals surface area (Å²) in [6.07, 6.45) is -14.4. The number of anilines is 1. The Morgan fingerprint density at radius 1 is 0.909 bits per heavy atom. The van der Waals surface area contributed by atoms with Crippen LogP contribution in [0.2, 0.25) is 0 Å². The minimum absolute atomic E-state index is 0.0448. The van der Waals surface area contributed by atoms with E-state index in [0.29, 0.717) is 18.0 Å². The zero-order chi connectivity index (χ0) is 33.6. The van der Waals surface area contributed by atoms with Crippen LogP contribution in [0.5, 0.6) is 23.0 Å². The molecule has 0 radical (unpaired) electrons. The second-order valence-electron chi connectivity index (χ2n) is 8.03. The van der Waals surface area contributed by atoms with Crippen molar-refractivity contribution in [2.75, 3.05) is 12.4 Å². The summed E-state index contributed by atoms with van der Waals surface area (Å²) in [6.45, 7) is 1.51. The Morgan fingerprint density at radius 2 is 1.52 bits per heavy atom. The number of primary amides is 1. The van der Waals surface area contributed by atoms with Gasteiger partial charge in [0.05, 0.1) is 7.11 Å². The Balaban J connectivity index is 0.000000860. The van der Waals surface area contributed by atoms with Gasteiger partial charge in [-0.3, -0.25) is 14.6 Å². The average Bonchev–Trinajstić information content (AvgIpc) is 2.87. The molecule has 3 aromatic rings. The SMILES string of the molecule is COc1cc(OC(F)(F)F)ccc1Oc1cc(C(F)(F)F)ncc1C(=O)Nc1cc(C)nc(C(N)=O)c1.O=C(O)C(F)(F)F. The molecule has 2 amide bonds. The zero-order valence-electron chi connectivity index (χ0n) is 21.8. The fraction of sp³-hybridized carbons (Fsp3) is 0.208. The van der Waals surface area contributed by atoms with Crippen LogP contribution in [0.15, 0.2) is 42.6 Å². The van der Waals surface area contributed by atoms with E-state index in [1.54, 1.807) is 0 Å². The number of halogens is 9. The Hall–Kier alpha value is -5.30. The van der Waals surface area contributed by atoms with E-state index < -0.39 is 59.3 Å². The van der Waals surface area contributed by atoms with Crippen molar-refractivity contribution in [1.82, 2.24) is 9.97 Å². The van der Waals surface area contributed by atoms with Crippen molar-refractivity contribution in [2.24, 2.45) is 5.73 Å². The van der Waals surface area contributed by atoms with Crippen LogP contribution in [-0.2, 0) is 11.0 Å². The molecule has 0 atom stereocenters. The number of nitrogens with zero attached hydrogens (tertiary/aromatic N) is 2. The summed E-state index contributed by atoms with van der Waals surface area (Å²) in [5, 5.41) is 9.50. The molecule has 0 saturated carbocycles. The predicted octanol–water partition coefficient (Wildman–Crippen LogP) is 5.49. The number of nitrogens with two attached hydrogens (primary N) is 1. The molecule has 44 heavy (non-hydrogen) atoms. The number of pyridine rings is 2. The minimum Gasteiger partial charge on any atom is -0.493 e. The van der Waals surface area contributed by atoms with Gasteiger partial charge in [-0.1, -0.05) is 0 Å². The van der Waals surface area contributed by atoms with Gasteiger partial charge in [0.25, 0.3) is 11.8 Å². The summed E-state index contributed by atoms with van der Waals surface area (Å²) >= 11 is 0. The number of aliphatic carboxylic acids is 1. The van der Waals surface area contributed by atoms with E-state index in [4.69, 9.17) is 25.1 Å². The van der Waals surface area contributed by atoms with E-state index >= 15 is 0 Å². The van der Waals surface area contributed by atoms with Crippen LogP contribution in [-0.4, -0.2) is 52.5 Å². The van der Waals surface area contributed by atoms with Gasteiger partial charge < -0.3 is 30.4 Å². The monoisotopic (exact) mass is 644 g/mol. The van der Waals surface area contributed by atoms with Gasteiger partial charge in [-0.25, -0.2) is 9.78 Å². The molecule has 0 spiro atoms. The molecule has 3 rings (SSSR count). The summed E-state index contributed by atoms with van der Waals surface area (Å²) in [7, 11) is 1.07. The van der Waals surface area contributed by atoms with Crippen LogP contribution in [0.1, 0.15) is 32.2 Å². The number of carboxylic acid groups (broad SMARTS) is 1. The first-order valence-corrected chi connectivity index (χ1v) is 11.2. The maximum atomic E-state index is 13.3. The van der Waals surface area contributed by atoms with Crippen LogP contribution in [0, 0.1) is 6.92 Å². The van der Waals surface area contributed by atoms with Crippen LogP contribution >= 0.6 is 0 Å². The lowest BCUT2D eigenvalue weighted by Crippen LogP contribution is -2.21. The number of amides is 2. The van der Waals surface area contributed by atoms with Crippen molar-refractivity contribution in [1.29, 1.82) is 0 Å². The van der Waals surface area contributed by atoms with Gasteiger partial charge in [0.1, 0.15) is 28.5 Å². The highest BCUT2D eigenvalue weighted by Crippen LogP contribution is 2.39. The highest BCUT2D eigenvalue weighted by Gasteiger charge is 2.38. The lowest BCUT2D eigenvalue weighted by atomic mass is 10.2. The van der Waals surface area contributed by atoms with Gasteiger partial charge in [-0.15, -0.1) is 13.2 Å². The van der Waals surface area contributed by atoms with E-state index in [9.17, 15) is 49.1 Å². The minimum atomic E-state index is -5.08. The van der Waals surface area contributed by atoms with Crippen molar-refractivity contribution in [2.45, 2.75) is 25.6 Å². The highest BCUT2D eigenvalue weighted by atomic mass is 19.4. The number of aromatic nitrogens is 2. The molecule has 0 fully saturated rings. The average molecular weight is 644 g/mol. The van der Waals surface area contributed by atoms with Crippen molar-refractivity contribution in [3.63, 3.8) is 0 Å². The number of nitrogens with one attached hydrogen (secondary N) is 1. The molecule has 4 N–H and O–H groups in total. The molecule has 11 nitrogen and oxygen atoms in total. The summed E-state index contributed by atoms with van der Waals surface area (Å²) in [5.41, 5.74) is 3.47. The third-order valence-electron chi connectivity index (χ3n) is 4.70. The fourth-order valence-corrected chi connectivity index (χ4v) is 2.96. The molecule has 2 aromatic heterocycles. The number of methoxy groups -OCH3 is 1. The largest absolute Gasteiger partial charge is 0.573 e. The quantitative estimate of drug-likeness (QED) is 0.283. The molecule has 238 valence electrons. The maximum Gasteiger partial charge on any atom is 0.573 e. The summed E-state index contributed by atoms with van der Waals surface area (Å²) in [4.78, 5) is 40.4. The van der Waals surface area contributed by atoms with Crippen LogP contribution in [0.4, 0.5) is 45.2 Å². The Morgan fingerprint density at radius 3 is 2.02 bits per heavy atom. The van der Waals surface area contributed by atoms with Gasteiger partial charge in [0.15, 0.2) is 11.5 Å². The molecule has 2 heterocycles. The predicted molar refractivity (Wildman–Crippen MR) is 128 cm³/mol. The molecule has 0 bridgehead atoms. The Kier molecular flexibility index (Phi) is 10.6. The van der Waals surface area contributed by atoms with E-state index in [1.807, 2.05) is 0 Å². The number of hydrogen-bond donors (Lipinski definition) is 3. The Bertz CT molecular complexity index is 1540. The normalized spacial score (nSPS) is 11.5. The van der Waals surface area contributed by atoms with E-state index in [-0.39, 0.29) is 22.9 Å². The van der Waals surface area contributed by atoms with Crippen LogP contribution < -0.4 is 25.3 Å². The third-order valence-corrected chi connectivity index (χ3v) is 4.70. The lowest BCUT2D eigenvalue weighted by molar-refractivity contribution is -0.274. The third kappa shape index (κ3) is 10.2. The molecule has 1 aromatic carbocycles. The van der Waals surface area contributed by atoms with Crippen molar-refractivity contribution in [3.8, 4) is 23.0 Å². The molecule has 0 unspecified atom stereocenters. The maximum absolute atomic E-state index is 13.3. The first-order chi connectivity index (χ1) is 20.1. The van der Waals surface area contributed by atoms with Gasteiger partial charge >= 0.3 is 24.7 Å².